The van der Waals surface area contributed by atoms with Crippen LogP contribution < -0.4 is 10.6 Å². The van der Waals surface area contributed by atoms with Crippen LogP contribution in [0.4, 0.5) is 4.79 Å². The highest BCUT2D eigenvalue weighted by atomic mass is 16.5. The number of hydrogen-bond acceptors (Lipinski definition) is 4. The summed E-state index contributed by atoms with van der Waals surface area (Å²) in [5, 5.41) is 14.7. The smallest absolute Gasteiger partial charge is 0.407 e. The van der Waals surface area contributed by atoms with Crippen LogP contribution in [-0.2, 0) is 14.3 Å². The molecule has 1 fully saturated rings. The molecular weight excluding hydrogens is 432 g/mol. The summed E-state index contributed by atoms with van der Waals surface area (Å²) in [6, 6.07) is 16.5. The first-order valence-corrected chi connectivity index (χ1v) is 12.0. The van der Waals surface area contributed by atoms with Gasteiger partial charge in [-0.1, -0.05) is 55.5 Å². The number of carboxylic acids is 1. The maximum atomic E-state index is 12.5. The predicted molar refractivity (Wildman–Crippen MR) is 128 cm³/mol. The minimum atomic E-state index is -0.854. The van der Waals surface area contributed by atoms with Gasteiger partial charge >= 0.3 is 12.1 Å². The number of alkyl carbamates (subject to hydrolysis) is 1. The quantitative estimate of drug-likeness (QED) is 0.513. The Hall–Kier alpha value is -3.35. The van der Waals surface area contributed by atoms with Crippen molar-refractivity contribution in [3.63, 3.8) is 0 Å². The fraction of sp³-hybridized carbons (Fsp3) is 0.444. The molecule has 2 aromatic rings. The number of ether oxygens (including phenoxy) is 1. The van der Waals surface area contributed by atoms with Crippen LogP contribution in [-0.4, -0.2) is 42.3 Å². The summed E-state index contributed by atoms with van der Waals surface area (Å²) in [6.07, 6.45) is 2.82. The lowest BCUT2D eigenvalue weighted by molar-refractivity contribution is -0.141. The fourth-order valence-corrected chi connectivity index (χ4v) is 5.08. The van der Waals surface area contributed by atoms with Crippen molar-refractivity contribution in [2.75, 3.05) is 13.2 Å². The standard InChI is InChI=1S/C27H32N2O5/c1-17(26(31)32)12-13-28-25(30)15-18-10-11-19(14-18)29-27(33)34-16-24-22-8-4-2-6-20(22)21-7-3-5-9-23(21)24/h2-9,17-19,24H,10-16H2,1H3,(H,28,30)(H,29,33)(H,31,32)/t17?,18-,19+/m0/s1. The molecule has 0 radical (unpaired) electrons. The van der Waals surface area contributed by atoms with Gasteiger partial charge in [-0.3, -0.25) is 9.59 Å². The molecule has 0 spiro atoms. The van der Waals surface area contributed by atoms with E-state index in [9.17, 15) is 14.4 Å². The van der Waals surface area contributed by atoms with Crippen molar-refractivity contribution in [2.24, 2.45) is 11.8 Å². The Morgan fingerprint density at radius 3 is 2.32 bits per heavy atom. The zero-order valence-corrected chi connectivity index (χ0v) is 19.5. The van der Waals surface area contributed by atoms with Gasteiger partial charge in [0.15, 0.2) is 0 Å². The van der Waals surface area contributed by atoms with Gasteiger partial charge in [0.25, 0.3) is 0 Å². The molecule has 0 bridgehead atoms. The van der Waals surface area contributed by atoms with Crippen LogP contribution in [0, 0.1) is 11.8 Å². The molecule has 0 heterocycles. The maximum absolute atomic E-state index is 12.5. The van der Waals surface area contributed by atoms with E-state index in [4.69, 9.17) is 9.84 Å². The van der Waals surface area contributed by atoms with E-state index >= 15 is 0 Å². The molecule has 2 amide bonds. The Balaban J connectivity index is 1.21. The number of carbonyl (C=O) groups excluding carboxylic acids is 2. The molecule has 1 unspecified atom stereocenters. The molecule has 3 N–H and O–H groups in total. The summed E-state index contributed by atoms with van der Waals surface area (Å²) in [6.45, 7) is 2.28. The minimum Gasteiger partial charge on any atom is -0.481 e. The maximum Gasteiger partial charge on any atom is 0.407 e. The van der Waals surface area contributed by atoms with Crippen molar-refractivity contribution >= 4 is 18.0 Å². The van der Waals surface area contributed by atoms with Gasteiger partial charge in [0, 0.05) is 24.9 Å². The van der Waals surface area contributed by atoms with Crippen molar-refractivity contribution in [2.45, 2.75) is 51.0 Å². The fourth-order valence-electron chi connectivity index (χ4n) is 5.08. The van der Waals surface area contributed by atoms with Crippen LogP contribution in [0.15, 0.2) is 48.5 Å². The van der Waals surface area contributed by atoms with Gasteiger partial charge in [-0.15, -0.1) is 0 Å². The first-order valence-electron chi connectivity index (χ1n) is 12.0. The normalized spacial score (nSPS) is 19.7. The Morgan fingerprint density at radius 2 is 1.68 bits per heavy atom. The number of nitrogens with one attached hydrogen (secondary N) is 2. The number of amides is 2. The Kier molecular flexibility index (Phi) is 7.50. The molecule has 4 rings (SSSR count). The second-order valence-corrected chi connectivity index (χ2v) is 9.43. The molecule has 0 aromatic heterocycles. The van der Waals surface area contributed by atoms with Crippen LogP contribution in [0.5, 0.6) is 0 Å². The molecule has 0 saturated heterocycles. The first-order chi connectivity index (χ1) is 16.4. The molecule has 7 nitrogen and oxygen atoms in total. The van der Waals surface area contributed by atoms with Crippen molar-refractivity contribution in [1.29, 1.82) is 0 Å². The molecule has 0 aliphatic heterocycles. The number of carboxylic acid groups (broad SMARTS) is 1. The summed E-state index contributed by atoms with van der Waals surface area (Å²) < 4.78 is 5.64. The topological polar surface area (TPSA) is 105 Å². The molecule has 2 aliphatic rings. The lowest BCUT2D eigenvalue weighted by Gasteiger charge is -2.17. The van der Waals surface area contributed by atoms with Crippen LogP contribution >= 0.6 is 0 Å². The van der Waals surface area contributed by atoms with Crippen LogP contribution in [0.25, 0.3) is 11.1 Å². The number of carbonyl (C=O) groups is 3. The van der Waals surface area contributed by atoms with Gasteiger partial charge in [0.05, 0.1) is 5.92 Å². The number of fused-ring (bicyclic) bond motifs is 3. The Labute approximate surface area is 199 Å². The van der Waals surface area contributed by atoms with E-state index in [1.807, 2.05) is 24.3 Å². The third-order valence-corrected chi connectivity index (χ3v) is 7.00. The lowest BCUT2D eigenvalue weighted by Crippen LogP contribution is -2.34. The van der Waals surface area contributed by atoms with Crippen molar-refractivity contribution in [1.82, 2.24) is 10.6 Å². The third kappa shape index (κ3) is 5.58. The monoisotopic (exact) mass is 464 g/mol. The highest BCUT2D eigenvalue weighted by molar-refractivity contribution is 5.79. The van der Waals surface area contributed by atoms with Gasteiger partial charge in [-0.2, -0.15) is 0 Å². The number of aliphatic carboxylic acids is 1. The van der Waals surface area contributed by atoms with Crippen molar-refractivity contribution < 1.29 is 24.2 Å². The van der Waals surface area contributed by atoms with Gasteiger partial charge in [-0.25, -0.2) is 4.79 Å². The minimum absolute atomic E-state index is 0.000447. The average molecular weight is 465 g/mol. The third-order valence-electron chi connectivity index (χ3n) is 7.00. The summed E-state index contributed by atoms with van der Waals surface area (Å²) in [5.74, 6) is -1.16. The SMILES string of the molecule is CC(CCNC(=O)C[C@H]1CC[C@@H](NC(=O)OCC2c3ccccc3-c3ccccc32)C1)C(=O)O. The molecule has 180 valence electrons. The van der Waals surface area contributed by atoms with Gasteiger partial charge < -0.3 is 20.5 Å². The number of rotatable bonds is 9. The predicted octanol–water partition coefficient (Wildman–Crippen LogP) is 4.31. The zero-order chi connectivity index (χ0) is 24.1. The van der Waals surface area contributed by atoms with Crippen LogP contribution in [0.2, 0.25) is 0 Å². The average Bonchev–Trinajstić information content (AvgIpc) is 3.39. The highest BCUT2D eigenvalue weighted by Gasteiger charge is 2.31. The Morgan fingerprint density at radius 1 is 1.03 bits per heavy atom. The summed E-state index contributed by atoms with van der Waals surface area (Å²) in [5.41, 5.74) is 4.75. The van der Waals surface area contributed by atoms with E-state index in [1.165, 1.54) is 22.3 Å². The van der Waals surface area contributed by atoms with Crippen molar-refractivity contribution in [3.05, 3.63) is 59.7 Å². The number of benzene rings is 2. The van der Waals surface area contributed by atoms with Gasteiger partial charge in [0.2, 0.25) is 5.91 Å². The molecule has 1 saturated carbocycles. The highest BCUT2D eigenvalue weighted by Crippen LogP contribution is 2.44. The van der Waals surface area contributed by atoms with E-state index < -0.39 is 18.0 Å². The summed E-state index contributed by atoms with van der Waals surface area (Å²) in [7, 11) is 0. The van der Waals surface area contributed by atoms with E-state index in [1.54, 1.807) is 6.92 Å². The second kappa shape index (κ2) is 10.7. The van der Waals surface area contributed by atoms with Gasteiger partial charge in [-0.05, 0) is 53.9 Å². The number of hydrogen-bond donors (Lipinski definition) is 3. The lowest BCUT2D eigenvalue weighted by atomic mass is 9.98. The van der Waals surface area contributed by atoms with Crippen molar-refractivity contribution in [3.8, 4) is 11.1 Å². The van der Waals surface area contributed by atoms with E-state index in [-0.39, 0.29) is 30.4 Å². The summed E-state index contributed by atoms with van der Waals surface area (Å²) in [4.78, 5) is 35.5. The Bertz CT molecular complexity index is 1010. The van der Waals surface area contributed by atoms with Gasteiger partial charge in [0.1, 0.15) is 6.61 Å². The van der Waals surface area contributed by atoms with E-state index in [0.29, 0.717) is 19.4 Å². The largest absolute Gasteiger partial charge is 0.481 e. The molecule has 2 aromatic carbocycles. The second-order valence-electron chi connectivity index (χ2n) is 9.43. The van der Waals surface area contributed by atoms with Crippen LogP contribution in [0.1, 0.15) is 56.1 Å². The molecular formula is C27H32N2O5. The molecule has 3 atom stereocenters. The molecule has 2 aliphatic carbocycles. The van der Waals surface area contributed by atoms with E-state index in [0.717, 1.165) is 19.3 Å². The molecule has 34 heavy (non-hydrogen) atoms. The summed E-state index contributed by atoms with van der Waals surface area (Å²) >= 11 is 0. The molecule has 7 heteroatoms. The first kappa shape index (κ1) is 23.8. The van der Waals surface area contributed by atoms with Crippen LogP contribution in [0.3, 0.4) is 0 Å². The zero-order valence-electron chi connectivity index (χ0n) is 19.5. The van der Waals surface area contributed by atoms with E-state index in [2.05, 4.69) is 34.9 Å².